The van der Waals surface area contributed by atoms with Crippen LogP contribution in [-0.2, 0) is 16.3 Å². The summed E-state index contributed by atoms with van der Waals surface area (Å²) in [5.74, 6) is 2.33. The van der Waals surface area contributed by atoms with E-state index in [2.05, 4.69) is 30.0 Å². The van der Waals surface area contributed by atoms with Crippen molar-refractivity contribution in [3.05, 3.63) is 60.8 Å². The van der Waals surface area contributed by atoms with Gasteiger partial charge in [-0.25, -0.2) is 19.2 Å². The average Bonchev–Trinajstić information content (AvgIpc) is 3.22. The highest BCUT2D eigenvalue weighted by atomic mass is 32.2. The van der Waals surface area contributed by atoms with E-state index in [1.54, 1.807) is 12.4 Å². The minimum absolute atomic E-state index is 0.359. The van der Waals surface area contributed by atoms with Crippen molar-refractivity contribution in [1.29, 1.82) is 4.78 Å². The molecule has 0 saturated carbocycles. The molecule has 1 fully saturated rings. The van der Waals surface area contributed by atoms with Gasteiger partial charge in [0.25, 0.3) is 0 Å². The monoisotopic (exact) mass is 435 g/mol. The number of pyridine rings is 1. The molecule has 31 heavy (non-hydrogen) atoms. The first-order valence-electron chi connectivity index (χ1n) is 9.89. The van der Waals surface area contributed by atoms with Crippen LogP contribution in [0.15, 0.2) is 55.1 Å². The molecule has 1 aromatic carbocycles. The highest BCUT2D eigenvalue weighted by Crippen LogP contribution is 2.30. The van der Waals surface area contributed by atoms with Crippen LogP contribution >= 0.6 is 0 Å². The van der Waals surface area contributed by atoms with Gasteiger partial charge in [-0.2, -0.15) is 5.10 Å². The highest BCUT2D eigenvalue weighted by Gasteiger charge is 2.20. The summed E-state index contributed by atoms with van der Waals surface area (Å²) in [5.41, 5.74) is 3.41. The molecule has 3 aromatic heterocycles. The second kappa shape index (κ2) is 7.95. The fraction of sp³-hybridized carbons (Fsp3) is 0.238. The van der Waals surface area contributed by atoms with Gasteiger partial charge in [0.1, 0.15) is 30.2 Å². The molecular weight excluding hydrogens is 414 g/mol. The maximum Gasteiger partial charge on any atom is 0.130 e. The van der Waals surface area contributed by atoms with Crippen LogP contribution in [0.5, 0.6) is 5.75 Å². The van der Waals surface area contributed by atoms with Gasteiger partial charge in [0, 0.05) is 57.7 Å². The van der Waals surface area contributed by atoms with Crippen LogP contribution in [-0.4, -0.2) is 54.0 Å². The van der Waals surface area contributed by atoms with Crippen LogP contribution in [0.3, 0.4) is 0 Å². The minimum Gasteiger partial charge on any atom is -0.487 e. The standard InChI is InChI=1S/C21H21N7O2S/c22-31(29)9-7-28(8-10-31)20-4-1-15(12-24-20)21-18-11-17(2-3-19(18)26-27-21)30-13-16-5-6-23-14-25-16/h1-6,11-12,14,22H,7-10,13H2,(H,26,27). The molecule has 0 amide bonds. The van der Waals surface area contributed by atoms with Crippen LogP contribution in [0.4, 0.5) is 5.82 Å². The lowest BCUT2D eigenvalue weighted by Gasteiger charge is -2.28. The fourth-order valence-electron chi connectivity index (χ4n) is 3.54. The zero-order valence-corrected chi connectivity index (χ0v) is 17.5. The van der Waals surface area contributed by atoms with Gasteiger partial charge in [-0.1, -0.05) is 0 Å². The van der Waals surface area contributed by atoms with E-state index in [1.807, 2.05) is 36.4 Å². The normalized spacial score (nSPS) is 15.8. The number of nitrogens with one attached hydrogen (secondary N) is 2. The van der Waals surface area contributed by atoms with Crippen molar-refractivity contribution < 1.29 is 8.95 Å². The van der Waals surface area contributed by atoms with Crippen molar-refractivity contribution in [2.45, 2.75) is 6.61 Å². The molecule has 10 heteroatoms. The Kier molecular flexibility index (Phi) is 4.99. The van der Waals surface area contributed by atoms with E-state index in [4.69, 9.17) is 9.52 Å². The first-order chi connectivity index (χ1) is 15.1. The number of fused-ring (bicyclic) bond motifs is 1. The molecule has 2 N–H and O–H groups in total. The predicted molar refractivity (Wildman–Crippen MR) is 118 cm³/mol. The van der Waals surface area contributed by atoms with Crippen molar-refractivity contribution in [3.8, 4) is 17.0 Å². The van der Waals surface area contributed by atoms with E-state index < -0.39 is 9.73 Å². The molecule has 1 aliphatic heterocycles. The fourth-order valence-corrected chi connectivity index (χ4v) is 4.77. The predicted octanol–water partition coefficient (Wildman–Crippen LogP) is 2.86. The molecule has 0 atom stereocenters. The summed E-state index contributed by atoms with van der Waals surface area (Å²) in [5, 5.41) is 8.47. The number of H-pyrrole nitrogens is 1. The number of ether oxygens (including phenoxy) is 1. The second-order valence-electron chi connectivity index (χ2n) is 7.38. The SMILES string of the molecule is N=S1(=O)CCN(c2ccc(-c3n[nH]c4ccc(OCc5ccncn5)cc34)cn2)CC1. The lowest BCUT2D eigenvalue weighted by Crippen LogP contribution is -2.40. The van der Waals surface area contributed by atoms with Gasteiger partial charge in [0.15, 0.2) is 0 Å². The number of anilines is 1. The molecule has 5 rings (SSSR count). The van der Waals surface area contributed by atoms with Crippen LogP contribution in [0, 0.1) is 4.78 Å². The van der Waals surface area contributed by atoms with Gasteiger partial charge < -0.3 is 9.64 Å². The number of aromatic nitrogens is 5. The maximum atomic E-state index is 11.9. The zero-order chi connectivity index (χ0) is 21.3. The van der Waals surface area contributed by atoms with Crippen LogP contribution < -0.4 is 9.64 Å². The molecule has 0 spiro atoms. The Morgan fingerprint density at radius 1 is 1.13 bits per heavy atom. The van der Waals surface area contributed by atoms with Gasteiger partial charge in [-0.3, -0.25) is 9.88 Å². The lowest BCUT2D eigenvalue weighted by atomic mass is 10.1. The third kappa shape index (κ3) is 4.19. The summed E-state index contributed by atoms with van der Waals surface area (Å²) in [4.78, 5) is 14.7. The topological polar surface area (TPSA) is 121 Å². The number of rotatable bonds is 5. The summed E-state index contributed by atoms with van der Waals surface area (Å²) in [6.07, 6.45) is 4.99. The Morgan fingerprint density at radius 3 is 2.74 bits per heavy atom. The number of nitrogens with zero attached hydrogens (tertiary/aromatic N) is 5. The zero-order valence-electron chi connectivity index (χ0n) is 16.7. The Balaban J connectivity index is 1.36. The van der Waals surface area contributed by atoms with E-state index >= 15 is 0 Å². The largest absolute Gasteiger partial charge is 0.487 e. The van der Waals surface area contributed by atoms with Crippen LogP contribution in [0.2, 0.25) is 0 Å². The molecular formula is C21H21N7O2S. The molecule has 0 unspecified atom stereocenters. The average molecular weight is 436 g/mol. The lowest BCUT2D eigenvalue weighted by molar-refractivity contribution is 0.301. The molecule has 9 nitrogen and oxygen atoms in total. The van der Waals surface area contributed by atoms with Gasteiger partial charge in [0.2, 0.25) is 0 Å². The first-order valence-corrected chi connectivity index (χ1v) is 11.8. The maximum absolute atomic E-state index is 11.9. The number of aromatic amines is 1. The van der Waals surface area contributed by atoms with Gasteiger partial charge in [-0.05, 0) is 36.4 Å². The Labute approximate surface area is 179 Å². The number of hydrogen-bond donors (Lipinski definition) is 2. The van der Waals surface area contributed by atoms with E-state index in [9.17, 15) is 4.21 Å². The Morgan fingerprint density at radius 2 is 2.00 bits per heavy atom. The summed E-state index contributed by atoms with van der Waals surface area (Å²) in [6, 6.07) is 11.5. The second-order valence-corrected chi connectivity index (χ2v) is 9.82. The molecule has 0 radical (unpaired) electrons. The Bertz CT molecular complexity index is 1290. The van der Waals surface area contributed by atoms with E-state index in [1.165, 1.54) is 6.33 Å². The van der Waals surface area contributed by atoms with Crippen molar-refractivity contribution in [3.63, 3.8) is 0 Å². The molecule has 4 heterocycles. The van der Waals surface area contributed by atoms with E-state index in [-0.39, 0.29) is 0 Å². The van der Waals surface area contributed by atoms with E-state index in [0.717, 1.165) is 39.4 Å². The number of hydrogen-bond acceptors (Lipinski definition) is 8. The third-order valence-electron chi connectivity index (χ3n) is 5.29. The number of benzene rings is 1. The van der Waals surface area contributed by atoms with Crippen LogP contribution in [0.25, 0.3) is 22.2 Å². The van der Waals surface area contributed by atoms with Gasteiger partial charge in [0.05, 0.1) is 11.2 Å². The summed E-state index contributed by atoms with van der Waals surface area (Å²) in [7, 11) is -2.42. The molecule has 4 aromatic rings. The minimum atomic E-state index is -2.42. The van der Waals surface area contributed by atoms with Crippen molar-refractivity contribution in [2.75, 3.05) is 29.5 Å². The summed E-state index contributed by atoms with van der Waals surface area (Å²) in [6.45, 7) is 1.54. The molecule has 1 saturated heterocycles. The van der Waals surface area contributed by atoms with Gasteiger partial charge >= 0.3 is 0 Å². The molecule has 0 aliphatic carbocycles. The van der Waals surface area contributed by atoms with Crippen molar-refractivity contribution in [1.82, 2.24) is 25.1 Å². The van der Waals surface area contributed by atoms with Crippen LogP contribution in [0.1, 0.15) is 5.69 Å². The van der Waals surface area contributed by atoms with E-state index in [0.29, 0.717) is 31.2 Å². The van der Waals surface area contributed by atoms with Gasteiger partial charge in [-0.15, -0.1) is 0 Å². The third-order valence-corrected chi connectivity index (χ3v) is 6.98. The first kappa shape index (κ1) is 19.4. The summed E-state index contributed by atoms with van der Waals surface area (Å²) >= 11 is 0. The Hall–Kier alpha value is -3.53. The smallest absolute Gasteiger partial charge is 0.130 e. The quantitative estimate of drug-likeness (QED) is 0.494. The highest BCUT2D eigenvalue weighted by molar-refractivity contribution is 7.92. The van der Waals surface area contributed by atoms with Crippen molar-refractivity contribution in [2.24, 2.45) is 0 Å². The van der Waals surface area contributed by atoms with Crippen molar-refractivity contribution >= 4 is 26.4 Å². The molecule has 158 valence electrons. The molecule has 1 aliphatic rings. The summed E-state index contributed by atoms with van der Waals surface area (Å²) < 4.78 is 25.5. The molecule has 0 bridgehead atoms.